The van der Waals surface area contributed by atoms with Gasteiger partial charge in [-0.05, 0) is 80.6 Å². The van der Waals surface area contributed by atoms with E-state index in [1.807, 2.05) is 32.9 Å². The number of carbonyl (C=O) groups is 1. The third-order valence-corrected chi connectivity index (χ3v) is 7.51. The number of urea groups is 1. The molecule has 11 heteroatoms. The van der Waals surface area contributed by atoms with Crippen molar-refractivity contribution in [2.24, 2.45) is 10.7 Å². The Hall–Kier alpha value is -3.96. The number of alkyl halides is 3. The van der Waals surface area contributed by atoms with Crippen LogP contribution in [-0.4, -0.2) is 54.1 Å². The Morgan fingerprint density at radius 1 is 1.09 bits per heavy atom. The van der Waals surface area contributed by atoms with Gasteiger partial charge in [-0.2, -0.15) is 13.2 Å². The summed E-state index contributed by atoms with van der Waals surface area (Å²) in [5.41, 5.74) is 11.2. The molecule has 1 saturated carbocycles. The fourth-order valence-electron chi connectivity index (χ4n) is 5.20. The van der Waals surface area contributed by atoms with E-state index in [4.69, 9.17) is 15.5 Å². The molecule has 3 aromatic rings. The number of aliphatic imine (C=N–C) groups is 1. The smallest absolute Gasteiger partial charge is 0.383 e. The van der Waals surface area contributed by atoms with Crippen LogP contribution in [0.5, 0.6) is 0 Å². The minimum absolute atomic E-state index is 0.0201. The van der Waals surface area contributed by atoms with Crippen molar-refractivity contribution in [3.8, 4) is 11.1 Å². The molecule has 5 rings (SSSR count). The number of amides is 2. The number of aromatic nitrogens is 1. The molecule has 8 nitrogen and oxygen atoms in total. The summed E-state index contributed by atoms with van der Waals surface area (Å²) in [7, 11) is 0. The van der Waals surface area contributed by atoms with E-state index in [-0.39, 0.29) is 11.7 Å². The Morgan fingerprint density at radius 3 is 2.42 bits per heavy atom. The van der Waals surface area contributed by atoms with E-state index in [1.165, 1.54) is 6.07 Å². The largest absolute Gasteiger partial charge is 0.416 e. The number of amidine groups is 1. The van der Waals surface area contributed by atoms with Gasteiger partial charge in [-0.1, -0.05) is 18.2 Å². The second-order valence-electron chi connectivity index (χ2n) is 11.4. The highest BCUT2D eigenvalue weighted by molar-refractivity contribution is 6.05. The van der Waals surface area contributed by atoms with Gasteiger partial charge in [0.15, 0.2) is 0 Å². The number of ether oxygens (including phenoxy) is 1. The van der Waals surface area contributed by atoms with E-state index in [1.54, 1.807) is 12.1 Å². The topological polar surface area (TPSA) is 105 Å². The van der Waals surface area contributed by atoms with Crippen molar-refractivity contribution in [2.75, 3.05) is 36.9 Å². The molecule has 2 aromatic carbocycles. The van der Waals surface area contributed by atoms with Crippen molar-refractivity contribution in [3.63, 3.8) is 0 Å². The normalized spacial score (nSPS) is 16.4. The number of aryl methyl sites for hydroxylation is 1. The fraction of sp³-hybridized carbons (Fsp3) is 0.406. The molecule has 4 N–H and O–H groups in total. The molecular formula is C32H37F3N6O2. The Kier molecular flexibility index (Phi) is 9.03. The highest BCUT2D eigenvalue weighted by atomic mass is 19.4. The molecule has 0 radical (unpaired) electrons. The molecular weight excluding hydrogens is 557 g/mol. The van der Waals surface area contributed by atoms with E-state index in [2.05, 4.69) is 26.6 Å². The van der Waals surface area contributed by atoms with Crippen LogP contribution in [0.2, 0.25) is 0 Å². The van der Waals surface area contributed by atoms with E-state index in [0.717, 1.165) is 53.1 Å². The molecule has 2 fully saturated rings. The van der Waals surface area contributed by atoms with Crippen LogP contribution in [0.25, 0.3) is 11.1 Å². The maximum Gasteiger partial charge on any atom is 0.416 e. The van der Waals surface area contributed by atoms with Crippen LogP contribution in [0.1, 0.15) is 60.7 Å². The van der Waals surface area contributed by atoms with Crippen molar-refractivity contribution in [3.05, 3.63) is 76.6 Å². The van der Waals surface area contributed by atoms with Crippen LogP contribution in [-0.2, 0) is 17.5 Å². The molecule has 1 saturated heterocycles. The van der Waals surface area contributed by atoms with E-state index >= 15 is 0 Å². The number of hydrogen-bond acceptors (Lipinski definition) is 5. The Morgan fingerprint density at radius 2 is 1.79 bits per heavy atom. The lowest BCUT2D eigenvalue weighted by Gasteiger charge is -2.27. The summed E-state index contributed by atoms with van der Waals surface area (Å²) in [5, 5.41) is 5.38. The third-order valence-electron chi connectivity index (χ3n) is 7.51. The number of nitrogens with zero attached hydrogens (tertiary/aromatic N) is 3. The van der Waals surface area contributed by atoms with E-state index in [9.17, 15) is 18.0 Å². The molecule has 2 amide bonds. The zero-order valence-electron chi connectivity index (χ0n) is 24.6. The predicted molar refractivity (Wildman–Crippen MR) is 162 cm³/mol. The summed E-state index contributed by atoms with van der Waals surface area (Å²) >= 11 is 0. The minimum Gasteiger partial charge on any atom is -0.383 e. The number of pyridine rings is 1. The van der Waals surface area contributed by atoms with Crippen LogP contribution in [0.15, 0.2) is 53.5 Å². The second-order valence-corrected chi connectivity index (χ2v) is 11.4. The summed E-state index contributed by atoms with van der Waals surface area (Å²) < 4.78 is 45.8. The van der Waals surface area contributed by atoms with Crippen molar-refractivity contribution >= 4 is 23.2 Å². The summed E-state index contributed by atoms with van der Waals surface area (Å²) in [6.45, 7) is 8.69. The number of hydrogen-bond donors (Lipinski definition) is 3. The summed E-state index contributed by atoms with van der Waals surface area (Å²) in [6.07, 6.45) is -2.31. The lowest BCUT2D eigenvalue weighted by molar-refractivity contribution is -0.137. The Labute approximate surface area is 249 Å². The van der Waals surface area contributed by atoms with Gasteiger partial charge in [-0.25, -0.2) is 4.79 Å². The Balaban J connectivity index is 1.36. The molecule has 0 atom stereocenters. The zero-order chi connectivity index (χ0) is 30.7. The number of nitrogens with one attached hydrogen (secondary N) is 2. The Bertz CT molecular complexity index is 1490. The second kappa shape index (κ2) is 12.7. The molecule has 0 bridgehead atoms. The fourth-order valence-corrected chi connectivity index (χ4v) is 5.20. The van der Waals surface area contributed by atoms with Crippen molar-refractivity contribution in [2.45, 2.75) is 58.3 Å². The molecule has 0 spiro atoms. The number of benzene rings is 2. The van der Waals surface area contributed by atoms with Gasteiger partial charge in [0.25, 0.3) is 0 Å². The highest BCUT2D eigenvalue weighted by Gasteiger charge is 2.31. The number of anilines is 2. The maximum atomic E-state index is 13.5. The quantitative estimate of drug-likeness (QED) is 0.203. The van der Waals surface area contributed by atoms with Crippen LogP contribution < -0.4 is 16.4 Å². The van der Waals surface area contributed by atoms with E-state index in [0.29, 0.717) is 55.9 Å². The van der Waals surface area contributed by atoms with Crippen molar-refractivity contribution in [1.82, 2.24) is 9.88 Å². The molecule has 1 aliphatic heterocycles. The van der Waals surface area contributed by atoms with Gasteiger partial charge in [0, 0.05) is 59.9 Å². The van der Waals surface area contributed by atoms with Crippen molar-refractivity contribution in [1.29, 1.82) is 0 Å². The van der Waals surface area contributed by atoms with E-state index < -0.39 is 17.8 Å². The number of halogens is 3. The third kappa shape index (κ3) is 7.71. The molecule has 2 heterocycles. The first-order valence-electron chi connectivity index (χ1n) is 14.5. The molecule has 1 aliphatic carbocycles. The number of rotatable bonds is 8. The van der Waals surface area contributed by atoms with Crippen LogP contribution >= 0.6 is 0 Å². The SMILES string of the molecule is Cc1nc(C2CC2)cc(-c2ccc(NC(=O)Nc3cc(C(F)(F)F)ccc3CN3CCOCC3)cc2)c1C(N)=NC(C)C. The molecule has 228 valence electrons. The van der Waals surface area contributed by atoms with Gasteiger partial charge < -0.3 is 21.1 Å². The van der Waals surface area contributed by atoms with Gasteiger partial charge in [-0.15, -0.1) is 0 Å². The average Bonchev–Trinajstić information content (AvgIpc) is 3.79. The number of nitrogens with two attached hydrogens (primary N) is 1. The summed E-state index contributed by atoms with van der Waals surface area (Å²) in [4.78, 5) is 24.4. The molecule has 43 heavy (non-hydrogen) atoms. The molecule has 0 unspecified atom stereocenters. The number of morpholine rings is 1. The molecule has 2 aliphatic rings. The highest BCUT2D eigenvalue weighted by Crippen LogP contribution is 2.41. The van der Waals surface area contributed by atoms with Gasteiger partial charge in [-0.3, -0.25) is 14.9 Å². The lowest BCUT2D eigenvalue weighted by Crippen LogP contribution is -2.36. The first kappa shape index (κ1) is 30.5. The first-order chi connectivity index (χ1) is 20.5. The van der Waals surface area contributed by atoms with Crippen LogP contribution in [0.4, 0.5) is 29.3 Å². The summed E-state index contributed by atoms with van der Waals surface area (Å²) in [6, 6.07) is 12.1. The van der Waals surface area contributed by atoms with Crippen LogP contribution in [0.3, 0.4) is 0 Å². The average molecular weight is 595 g/mol. The predicted octanol–water partition coefficient (Wildman–Crippen LogP) is 6.54. The lowest BCUT2D eigenvalue weighted by atomic mass is 9.96. The first-order valence-corrected chi connectivity index (χ1v) is 14.5. The molecule has 1 aromatic heterocycles. The number of carbonyl (C=O) groups excluding carboxylic acids is 1. The maximum absolute atomic E-state index is 13.5. The summed E-state index contributed by atoms with van der Waals surface area (Å²) in [5.74, 6) is 0.872. The standard InChI is InChI=1S/C32H37F3N6O2/c1-19(2)37-30(36)29-20(3)38-28(22-4-5-22)17-26(29)21-7-10-25(11-8-21)39-31(42)40-27-16-24(32(33,34)35)9-6-23(27)18-41-12-14-43-15-13-41/h6-11,16-17,19,22H,4-5,12-15,18H2,1-3H3,(H2,36,37)(H2,39,40,42). The van der Waals surface area contributed by atoms with Crippen molar-refractivity contribution < 1.29 is 22.7 Å². The monoisotopic (exact) mass is 594 g/mol. The van der Waals surface area contributed by atoms with Crippen LogP contribution in [0, 0.1) is 6.92 Å². The van der Waals surface area contributed by atoms with Gasteiger partial charge >= 0.3 is 12.2 Å². The van der Waals surface area contributed by atoms with Gasteiger partial charge in [0.2, 0.25) is 0 Å². The van der Waals surface area contributed by atoms with Gasteiger partial charge in [0.05, 0.1) is 18.8 Å². The van der Waals surface area contributed by atoms with Gasteiger partial charge in [0.1, 0.15) is 5.84 Å². The zero-order valence-corrected chi connectivity index (χ0v) is 24.6. The minimum atomic E-state index is -4.53.